The number of urea groups is 1. The van der Waals surface area contributed by atoms with Gasteiger partial charge in [-0.2, -0.15) is 0 Å². The fourth-order valence-corrected chi connectivity index (χ4v) is 4.79. The molecule has 1 heterocycles. The summed E-state index contributed by atoms with van der Waals surface area (Å²) in [6, 6.07) is 10.5. The molecule has 2 aromatic rings. The van der Waals surface area contributed by atoms with E-state index in [9.17, 15) is 14.4 Å². The second-order valence-electron chi connectivity index (χ2n) is 11.5. The van der Waals surface area contributed by atoms with Gasteiger partial charge in [0.25, 0.3) is 11.8 Å². The van der Waals surface area contributed by atoms with E-state index < -0.39 is 0 Å². The number of halogens is 1. The van der Waals surface area contributed by atoms with E-state index in [1.54, 1.807) is 17.0 Å². The number of nitrogens with zero attached hydrogens (tertiary/aromatic N) is 2. The Hall–Kier alpha value is -3.30. The van der Waals surface area contributed by atoms with Gasteiger partial charge in [-0.15, -0.1) is 0 Å². The highest BCUT2D eigenvalue weighted by Crippen LogP contribution is 2.33. The number of hydrogen-bond acceptors (Lipinski definition) is 5. The first-order valence-electron chi connectivity index (χ1n) is 14.0. The van der Waals surface area contributed by atoms with Gasteiger partial charge in [-0.1, -0.05) is 23.7 Å². The number of benzene rings is 2. The molecule has 0 bridgehead atoms. The van der Waals surface area contributed by atoms with E-state index in [4.69, 9.17) is 16.3 Å². The van der Waals surface area contributed by atoms with Gasteiger partial charge in [0.2, 0.25) is 0 Å². The molecular weight excluding hydrogens is 530 g/mol. The first-order chi connectivity index (χ1) is 19.0. The van der Waals surface area contributed by atoms with Crippen LogP contribution in [0.4, 0.5) is 10.5 Å². The number of anilines is 1. The Morgan fingerprint density at radius 3 is 2.42 bits per heavy atom. The highest BCUT2D eigenvalue weighted by atomic mass is 35.5. The van der Waals surface area contributed by atoms with Gasteiger partial charge in [-0.05, 0) is 70.2 Å². The molecule has 0 spiro atoms. The van der Waals surface area contributed by atoms with E-state index in [-0.39, 0.29) is 28.4 Å². The third-order valence-corrected chi connectivity index (χ3v) is 7.15. The van der Waals surface area contributed by atoms with Gasteiger partial charge in [0.1, 0.15) is 5.75 Å². The Morgan fingerprint density at radius 1 is 1.05 bits per heavy atom. The summed E-state index contributed by atoms with van der Waals surface area (Å²) in [5, 5.41) is 8.90. The number of hydrogen-bond donors (Lipinski definition) is 3. The van der Waals surface area contributed by atoms with E-state index in [1.165, 1.54) is 0 Å². The summed E-state index contributed by atoms with van der Waals surface area (Å²) in [6.07, 6.45) is 2.29. The molecule has 216 valence electrons. The molecule has 4 rings (SSSR count). The van der Waals surface area contributed by atoms with Crippen molar-refractivity contribution in [2.75, 3.05) is 44.6 Å². The highest BCUT2D eigenvalue weighted by Gasteiger charge is 2.27. The summed E-state index contributed by atoms with van der Waals surface area (Å²) in [7, 11) is 0. The smallest absolute Gasteiger partial charge is 0.319 e. The number of carbonyl (C=O) groups excluding carboxylic acids is 3. The van der Waals surface area contributed by atoms with Crippen LogP contribution in [0.3, 0.4) is 0 Å². The minimum atomic E-state index is -0.327. The summed E-state index contributed by atoms with van der Waals surface area (Å²) in [4.78, 5) is 42.4. The minimum Gasteiger partial charge on any atom is -0.493 e. The first-order valence-corrected chi connectivity index (χ1v) is 14.3. The van der Waals surface area contributed by atoms with Gasteiger partial charge in [-0.25, -0.2) is 4.79 Å². The van der Waals surface area contributed by atoms with Gasteiger partial charge in [0, 0.05) is 56.4 Å². The molecule has 2 aromatic carbocycles. The normalized spacial score (nSPS) is 15.9. The molecule has 2 aliphatic rings. The fourth-order valence-electron chi connectivity index (χ4n) is 4.58. The second-order valence-corrected chi connectivity index (χ2v) is 11.9. The van der Waals surface area contributed by atoms with Crippen LogP contribution in [0.15, 0.2) is 36.4 Å². The molecule has 0 atom stereocenters. The van der Waals surface area contributed by atoms with Crippen molar-refractivity contribution < 1.29 is 19.1 Å². The van der Waals surface area contributed by atoms with E-state index in [0.29, 0.717) is 74.4 Å². The lowest BCUT2D eigenvalue weighted by atomic mass is 10.1. The van der Waals surface area contributed by atoms with Gasteiger partial charge < -0.3 is 25.6 Å². The third kappa shape index (κ3) is 8.35. The lowest BCUT2D eigenvalue weighted by molar-refractivity contribution is 0.0624. The predicted molar refractivity (Wildman–Crippen MR) is 157 cm³/mol. The largest absolute Gasteiger partial charge is 0.493 e. The lowest BCUT2D eigenvalue weighted by Gasteiger charge is -2.35. The second kappa shape index (κ2) is 12.9. The topological polar surface area (TPSA) is 103 Å². The Bertz CT molecular complexity index is 1230. The lowest BCUT2D eigenvalue weighted by Crippen LogP contribution is -2.48. The van der Waals surface area contributed by atoms with E-state index in [0.717, 1.165) is 18.4 Å². The summed E-state index contributed by atoms with van der Waals surface area (Å²) in [5.74, 6) is 0.706. The molecule has 4 amide bonds. The molecule has 1 aliphatic heterocycles. The molecule has 10 heteroatoms. The predicted octanol–water partition coefficient (Wildman–Crippen LogP) is 4.76. The monoisotopic (exact) mass is 569 g/mol. The number of amides is 4. The molecule has 0 aromatic heterocycles. The first kappa shape index (κ1) is 29.7. The Morgan fingerprint density at radius 2 is 1.77 bits per heavy atom. The van der Waals surface area contributed by atoms with Crippen molar-refractivity contribution in [3.05, 3.63) is 58.1 Å². The molecule has 1 saturated heterocycles. The SMILES string of the molecule is CCOc1cc(NC(=O)NCC2CC2)c(Cl)cc1C(=O)N1CCN(Cc2cccc(C(=O)NC(C)(C)C)c2)CC1. The molecule has 40 heavy (non-hydrogen) atoms. The van der Waals surface area contributed by atoms with Crippen LogP contribution in [0.1, 0.15) is 66.8 Å². The molecule has 3 N–H and O–H groups in total. The highest BCUT2D eigenvalue weighted by molar-refractivity contribution is 6.34. The van der Waals surface area contributed by atoms with Gasteiger partial charge in [0.15, 0.2) is 0 Å². The Labute approximate surface area is 241 Å². The van der Waals surface area contributed by atoms with Crippen molar-refractivity contribution in [1.29, 1.82) is 0 Å². The van der Waals surface area contributed by atoms with Gasteiger partial charge in [-0.3, -0.25) is 14.5 Å². The number of ether oxygens (including phenoxy) is 1. The Kier molecular flexibility index (Phi) is 9.58. The summed E-state index contributed by atoms with van der Waals surface area (Å²) in [5.41, 5.74) is 2.17. The number of rotatable bonds is 9. The standard InChI is InChI=1S/C30H40ClN5O4/c1-5-40-26-17-25(33-29(39)32-18-20-9-10-20)24(31)16-23(26)28(38)36-13-11-35(12-14-36)19-21-7-6-8-22(15-21)27(37)34-30(2,3)4/h6-8,15-17,20H,5,9-14,18-19H2,1-4H3,(H,34,37)(H2,32,33,39). The van der Waals surface area contributed by atoms with Crippen molar-refractivity contribution in [1.82, 2.24) is 20.4 Å². The van der Waals surface area contributed by atoms with Crippen LogP contribution < -0.4 is 20.7 Å². The van der Waals surface area contributed by atoms with Crippen LogP contribution >= 0.6 is 11.6 Å². The van der Waals surface area contributed by atoms with E-state index in [2.05, 4.69) is 20.9 Å². The third-order valence-electron chi connectivity index (χ3n) is 6.84. The average Bonchev–Trinajstić information content (AvgIpc) is 3.73. The summed E-state index contributed by atoms with van der Waals surface area (Å²) >= 11 is 6.48. The summed E-state index contributed by atoms with van der Waals surface area (Å²) < 4.78 is 5.77. The van der Waals surface area contributed by atoms with Crippen molar-refractivity contribution in [3.63, 3.8) is 0 Å². The zero-order valence-corrected chi connectivity index (χ0v) is 24.6. The molecule has 2 fully saturated rings. The van der Waals surface area contributed by atoms with Crippen LogP contribution in [-0.4, -0.2) is 72.5 Å². The number of nitrogens with one attached hydrogen (secondary N) is 3. The van der Waals surface area contributed by atoms with E-state index >= 15 is 0 Å². The molecule has 9 nitrogen and oxygen atoms in total. The molecule has 0 radical (unpaired) electrons. The molecular formula is C30H40ClN5O4. The molecule has 1 aliphatic carbocycles. The van der Waals surface area contributed by atoms with E-state index in [1.807, 2.05) is 52.0 Å². The average molecular weight is 570 g/mol. The van der Waals surface area contributed by atoms with Crippen LogP contribution in [0.2, 0.25) is 5.02 Å². The van der Waals surface area contributed by atoms with Gasteiger partial charge in [0.05, 0.1) is 22.9 Å². The molecule has 1 saturated carbocycles. The maximum absolute atomic E-state index is 13.5. The summed E-state index contributed by atoms with van der Waals surface area (Å²) in [6.45, 7) is 11.9. The van der Waals surface area contributed by atoms with Crippen molar-refractivity contribution in [3.8, 4) is 5.75 Å². The number of carbonyl (C=O) groups is 3. The maximum Gasteiger partial charge on any atom is 0.319 e. The molecule has 0 unspecified atom stereocenters. The van der Waals surface area contributed by atoms with Crippen LogP contribution in [-0.2, 0) is 6.54 Å². The van der Waals surface area contributed by atoms with Crippen molar-refractivity contribution in [2.24, 2.45) is 5.92 Å². The van der Waals surface area contributed by atoms with Gasteiger partial charge >= 0.3 is 6.03 Å². The van der Waals surface area contributed by atoms with Crippen LogP contribution in [0.5, 0.6) is 5.75 Å². The quantitative estimate of drug-likeness (QED) is 0.404. The van der Waals surface area contributed by atoms with Crippen LogP contribution in [0.25, 0.3) is 0 Å². The zero-order chi connectivity index (χ0) is 28.9. The zero-order valence-electron chi connectivity index (χ0n) is 23.8. The fraction of sp³-hybridized carbons (Fsp3) is 0.500. The number of piperazine rings is 1. The van der Waals surface area contributed by atoms with Crippen molar-refractivity contribution in [2.45, 2.75) is 52.6 Å². The Balaban J connectivity index is 1.36. The maximum atomic E-state index is 13.5. The van der Waals surface area contributed by atoms with Crippen LogP contribution in [0, 0.1) is 5.92 Å². The minimum absolute atomic E-state index is 0.0892. The van der Waals surface area contributed by atoms with Crippen molar-refractivity contribution >= 4 is 35.1 Å².